The van der Waals surface area contributed by atoms with Crippen LogP contribution < -0.4 is 4.74 Å². The number of piperidine rings is 1. The number of carbonyl (C=O) groups is 2. The molecule has 0 radical (unpaired) electrons. The fourth-order valence-electron chi connectivity index (χ4n) is 6.60. The highest BCUT2D eigenvalue weighted by molar-refractivity contribution is 5.90. The molecule has 2 aliphatic heterocycles. The Morgan fingerprint density at radius 2 is 1.54 bits per heavy atom. The van der Waals surface area contributed by atoms with E-state index in [1.54, 1.807) is 4.90 Å². The van der Waals surface area contributed by atoms with Gasteiger partial charge in [-0.3, -0.25) is 9.59 Å². The fraction of sp³-hybridized carbons (Fsp3) is 0.571. The van der Waals surface area contributed by atoms with Crippen molar-refractivity contribution in [2.45, 2.75) is 88.3 Å². The van der Waals surface area contributed by atoms with Crippen molar-refractivity contribution < 1.29 is 45.8 Å². The molecule has 2 bridgehead atoms. The molecule has 2 unspecified atom stereocenters. The summed E-state index contributed by atoms with van der Waals surface area (Å²) >= 11 is 0. The number of rotatable bonds is 5. The van der Waals surface area contributed by atoms with Crippen molar-refractivity contribution in [2.75, 3.05) is 0 Å². The van der Waals surface area contributed by atoms with Gasteiger partial charge in [0.1, 0.15) is 11.3 Å². The van der Waals surface area contributed by atoms with E-state index in [0.29, 0.717) is 18.4 Å². The molecule has 5 nitrogen and oxygen atoms in total. The summed E-state index contributed by atoms with van der Waals surface area (Å²) in [6.07, 6.45) is -7.86. The molecular formula is C28H29F6NO4. The van der Waals surface area contributed by atoms with E-state index in [1.165, 1.54) is 30.3 Å². The number of hydrogen-bond acceptors (Lipinski definition) is 3. The van der Waals surface area contributed by atoms with Crippen LogP contribution in [0.1, 0.15) is 62.5 Å². The number of benzene rings is 2. The Kier molecular flexibility index (Phi) is 7.22. The van der Waals surface area contributed by atoms with Crippen LogP contribution in [0.4, 0.5) is 26.3 Å². The fourth-order valence-corrected chi connectivity index (χ4v) is 6.60. The van der Waals surface area contributed by atoms with E-state index in [-0.39, 0.29) is 60.9 Å². The van der Waals surface area contributed by atoms with Gasteiger partial charge in [-0.15, -0.1) is 0 Å². The number of carboxylic acid groups (broad SMARTS) is 1. The molecule has 2 heterocycles. The number of aliphatic carboxylic acids is 1. The molecule has 0 spiro atoms. The summed E-state index contributed by atoms with van der Waals surface area (Å²) in [5.74, 6) is -3.37. The second-order valence-electron chi connectivity index (χ2n) is 11.0. The van der Waals surface area contributed by atoms with E-state index in [4.69, 9.17) is 4.74 Å². The summed E-state index contributed by atoms with van der Waals surface area (Å²) in [5, 5.41) is 9.52. The lowest BCUT2D eigenvalue weighted by Crippen LogP contribution is -2.48. The third-order valence-corrected chi connectivity index (χ3v) is 8.49. The summed E-state index contributed by atoms with van der Waals surface area (Å²) < 4.78 is 87.0. The lowest BCUT2D eigenvalue weighted by molar-refractivity contribution is -0.185. The Bertz CT molecular complexity index is 1240. The van der Waals surface area contributed by atoms with Crippen molar-refractivity contribution in [3.8, 4) is 5.75 Å². The van der Waals surface area contributed by atoms with Gasteiger partial charge in [-0.05, 0) is 73.8 Å². The zero-order valence-electron chi connectivity index (χ0n) is 21.0. The minimum Gasteiger partial charge on any atom is -0.490 e. The standard InChI is InChI=1S/C28H29F6NO4/c29-27(30,31)18-3-7-21(8-4-18)39-23-10-2-16-11-15(1-9-22(16)25(23)28(32,33)34)12-24(36)35-19-5-6-20(35)14-17(13-19)26(37)38/h1-2,9-11,17-21H,3-8,12-14H2,(H,37,38). The lowest BCUT2D eigenvalue weighted by atomic mass is 9.87. The molecule has 3 fully saturated rings. The van der Waals surface area contributed by atoms with Gasteiger partial charge < -0.3 is 14.7 Å². The highest BCUT2D eigenvalue weighted by atomic mass is 19.4. The van der Waals surface area contributed by atoms with E-state index in [2.05, 4.69) is 0 Å². The first-order valence-corrected chi connectivity index (χ1v) is 13.2. The van der Waals surface area contributed by atoms with Gasteiger partial charge >= 0.3 is 18.3 Å². The average Bonchev–Trinajstić information content (AvgIpc) is 3.12. The van der Waals surface area contributed by atoms with E-state index >= 15 is 0 Å². The number of carbonyl (C=O) groups excluding carboxylic acids is 1. The number of amides is 1. The van der Waals surface area contributed by atoms with Gasteiger partial charge in [-0.2, -0.15) is 26.3 Å². The summed E-state index contributed by atoms with van der Waals surface area (Å²) in [4.78, 5) is 26.3. The molecular weight excluding hydrogens is 528 g/mol. The second-order valence-corrected chi connectivity index (χ2v) is 11.0. The Balaban J connectivity index is 1.33. The molecule has 5 rings (SSSR count). The first-order chi connectivity index (χ1) is 18.3. The maximum absolute atomic E-state index is 14.2. The van der Waals surface area contributed by atoms with Crippen LogP contribution in [-0.4, -0.2) is 46.2 Å². The van der Waals surface area contributed by atoms with E-state index < -0.39 is 47.6 Å². The van der Waals surface area contributed by atoms with Gasteiger partial charge in [0.05, 0.1) is 24.4 Å². The molecule has 2 atom stereocenters. The number of alkyl halides is 6. The van der Waals surface area contributed by atoms with E-state index in [1.807, 2.05) is 0 Å². The van der Waals surface area contributed by atoms with Crippen LogP contribution in [0.25, 0.3) is 10.8 Å². The van der Waals surface area contributed by atoms with Crippen LogP contribution in [-0.2, 0) is 22.2 Å². The number of halogens is 6. The van der Waals surface area contributed by atoms with Crippen LogP contribution in [0.3, 0.4) is 0 Å². The normalized spacial score (nSPS) is 27.5. The Morgan fingerprint density at radius 3 is 2.10 bits per heavy atom. The predicted octanol–water partition coefficient (Wildman–Crippen LogP) is 6.76. The molecule has 11 heteroatoms. The molecule has 1 aliphatic carbocycles. The first-order valence-electron chi connectivity index (χ1n) is 13.2. The molecule has 39 heavy (non-hydrogen) atoms. The van der Waals surface area contributed by atoms with E-state index in [9.17, 15) is 41.0 Å². The minimum atomic E-state index is -4.76. The number of nitrogens with zero attached hydrogens (tertiary/aromatic N) is 1. The summed E-state index contributed by atoms with van der Waals surface area (Å²) in [7, 11) is 0. The highest BCUT2D eigenvalue weighted by Gasteiger charge is 2.45. The Morgan fingerprint density at radius 1 is 0.897 bits per heavy atom. The Labute approximate surface area is 221 Å². The van der Waals surface area contributed by atoms with Crippen molar-refractivity contribution in [3.05, 3.63) is 41.5 Å². The van der Waals surface area contributed by atoms with Crippen molar-refractivity contribution >= 4 is 22.6 Å². The molecule has 1 N–H and O–H groups in total. The Hall–Kier alpha value is -2.98. The predicted molar refractivity (Wildman–Crippen MR) is 129 cm³/mol. The number of hydrogen-bond donors (Lipinski definition) is 1. The number of carboxylic acids is 1. The largest absolute Gasteiger partial charge is 0.490 e. The zero-order chi connectivity index (χ0) is 28.1. The maximum Gasteiger partial charge on any atom is 0.420 e. The monoisotopic (exact) mass is 557 g/mol. The number of fused-ring (bicyclic) bond motifs is 3. The van der Waals surface area contributed by atoms with Gasteiger partial charge in [0, 0.05) is 12.1 Å². The summed E-state index contributed by atoms with van der Waals surface area (Å²) in [6.45, 7) is 0. The van der Waals surface area contributed by atoms with Crippen molar-refractivity contribution in [1.82, 2.24) is 4.90 Å². The quantitative estimate of drug-likeness (QED) is 0.413. The van der Waals surface area contributed by atoms with Gasteiger partial charge in [-0.25, -0.2) is 0 Å². The zero-order valence-corrected chi connectivity index (χ0v) is 21.0. The van der Waals surface area contributed by atoms with Gasteiger partial charge in [0.15, 0.2) is 0 Å². The third-order valence-electron chi connectivity index (χ3n) is 8.49. The molecule has 3 aliphatic rings. The van der Waals surface area contributed by atoms with Crippen molar-refractivity contribution in [1.29, 1.82) is 0 Å². The van der Waals surface area contributed by atoms with Crippen LogP contribution in [0.15, 0.2) is 30.3 Å². The van der Waals surface area contributed by atoms with Gasteiger partial charge in [-0.1, -0.05) is 24.3 Å². The lowest BCUT2D eigenvalue weighted by Gasteiger charge is -2.37. The van der Waals surface area contributed by atoms with Crippen LogP contribution in [0.5, 0.6) is 5.75 Å². The van der Waals surface area contributed by atoms with Crippen LogP contribution in [0, 0.1) is 11.8 Å². The summed E-state index contributed by atoms with van der Waals surface area (Å²) in [6, 6.07) is 6.70. The van der Waals surface area contributed by atoms with Crippen molar-refractivity contribution in [3.63, 3.8) is 0 Å². The van der Waals surface area contributed by atoms with Crippen LogP contribution in [0.2, 0.25) is 0 Å². The second kappa shape index (κ2) is 10.2. The summed E-state index contributed by atoms with van der Waals surface area (Å²) in [5.41, 5.74) is -0.441. The van der Waals surface area contributed by atoms with Gasteiger partial charge in [0.2, 0.25) is 5.91 Å². The van der Waals surface area contributed by atoms with Crippen LogP contribution >= 0.6 is 0 Å². The first kappa shape index (κ1) is 27.6. The minimum absolute atomic E-state index is 0.0112. The molecule has 2 aromatic rings. The van der Waals surface area contributed by atoms with Crippen molar-refractivity contribution in [2.24, 2.45) is 11.8 Å². The van der Waals surface area contributed by atoms with Gasteiger partial charge in [0.25, 0.3) is 0 Å². The molecule has 1 amide bonds. The molecule has 0 aromatic heterocycles. The topological polar surface area (TPSA) is 66.8 Å². The number of ether oxygens (including phenoxy) is 1. The molecule has 2 saturated heterocycles. The van der Waals surface area contributed by atoms with E-state index in [0.717, 1.165) is 12.8 Å². The SMILES string of the molecule is O=C(O)C1CC2CCC(C1)N2C(=O)Cc1ccc2c(C(F)(F)F)c(OC3CCC(C(F)(F)F)CC3)ccc2c1. The highest BCUT2D eigenvalue weighted by Crippen LogP contribution is 2.44. The smallest absolute Gasteiger partial charge is 0.420 e. The molecule has 2 aromatic carbocycles. The molecule has 212 valence electrons. The molecule has 1 saturated carbocycles. The maximum atomic E-state index is 14.2. The average molecular weight is 558 g/mol. The third kappa shape index (κ3) is 5.68.